The molecule has 4 aromatic rings. The van der Waals surface area contributed by atoms with Crippen LogP contribution < -0.4 is 0 Å². The number of hydrogen-bond acceptors (Lipinski definition) is 5. The van der Waals surface area contributed by atoms with Gasteiger partial charge in [0.05, 0.1) is 29.3 Å². The summed E-state index contributed by atoms with van der Waals surface area (Å²) < 4.78 is 35.4. The Bertz CT molecular complexity index is 1670. The van der Waals surface area contributed by atoms with Crippen LogP contribution in [0.25, 0.3) is 10.9 Å². The lowest BCUT2D eigenvalue weighted by molar-refractivity contribution is -0.152. The van der Waals surface area contributed by atoms with Gasteiger partial charge < -0.3 is 4.74 Å². The second-order valence-corrected chi connectivity index (χ2v) is 11.8. The third-order valence-corrected chi connectivity index (χ3v) is 9.48. The Hall–Kier alpha value is -3.39. The SMILES string of the molecule is COC(=O)[C@]12C=CCN1[C@@H](c1ccc(Cl)cc1)c1c(c3ccccc3n1S(=O)(=O)c1ccc(C)cc1)C2. The highest BCUT2D eigenvalue weighted by Crippen LogP contribution is 2.49. The highest BCUT2D eigenvalue weighted by molar-refractivity contribution is 7.90. The predicted molar refractivity (Wildman–Crippen MR) is 143 cm³/mol. The average Bonchev–Trinajstić information content (AvgIpc) is 3.48. The number of para-hydroxylation sites is 1. The summed E-state index contributed by atoms with van der Waals surface area (Å²) in [5, 5.41) is 1.38. The summed E-state index contributed by atoms with van der Waals surface area (Å²) in [7, 11) is -2.59. The first kappa shape index (κ1) is 24.0. The molecule has 0 aliphatic carbocycles. The van der Waals surface area contributed by atoms with Gasteiger partial charge in [-0.05, 0) is 48.4 Å². The van der Waals surface area contributed by atoms with E-state index in [4.69, 9.17) is 16.3 Å². The number of carbonyl (C=O) groups is 1. The number of aryl methyl sites for hydroxylation is 1. The Balaban J connectivity index is 1.71. The van der Waals surface area contributed by atoms with Crippen LogP contribution >= 0.6 is 11.6 Å². The Kier molecular flexibility index (Phi) is 5.56. The maximum atomic E-state index is 14.3. The van der Waals surface area contributed by atoms with E-state index in [-0.39, 0.29) is 10.9 Å². The molecule has 0 bridgehead atoms. The van der Waals surface area contributed by atoms with Crippen molar-refractivity contribution in [3.63, 3.8) is 0 Å². The van der Waals surface area contributed by atoms with Crippen LogP contribution in [-0.2, 0) is 26.0 Å². The lowest BCUT2D eigenvalue weighted by atomic mass is 9.80. The first-order valence-electron chi connectivity index (χ1n) is 12.0. The van der Waals surface area contributed by atoms with Crippen molar-refractivity contribution in [1.82, 2.24) is 8.87 Å². The second-order valence-electron chi connectivity index (χ2n) is 9.56. The van der Waals surface area contributed by atoms with Crippen molar-refractivity contribution in [2.45, 2.75) is 29.8 Å². The van der Waals surface area contributed by atoms with Gasteiger partial charge in [-0.1, -0.05) is 71.8 Å². The number of hydrogen-bond donors (Lipinski definition) is 0. The van der Waals surface area contributed by atoms with Gasteiger partial charge >= 0.3 is 5.97 Å². The van der Waals surface area contributed by atoms with E-state index in [0.717, 1.165) is 22.1 Å². The lowest BCUT2D eigenvalue weighted by Crippen LogP contribution is -2.57. The third kappa shape index (κ3) is 3.49. The molecular weight excluding hydrogens is 508 g/mol. The zero-order valence-electron chi connectivity index (χ0n) is 20.4. The minimum absolute atomic E-state index is 0.209. The fourth-order valence-electron chi connectivity index (χ4n) is 5.78. The molecule has 2 aliphatic rings. The third-order valence-electron chi connectivity index (χ3n) is 7.48. The number of nitrogens with zero attached hydrogens (tertiary/aromatic N) is 2. The molecule has 188 valence electrons. The summed E-state index contributed by atoms with van der Waals surface area (Å²) >= 11 is 6.22. The van der Waals surface area contributed by atoms with Gasteiger partial charge in [0.15, 0.2) is 0 Å². The molecule has 0 saturated heterocycles. The number of fused-ring (bicyclic) bond motifs is 4. The summed E-state index contributed by atoms with van der Waals surface area (Å²) in [6.07, 6.45) is 4.14. The Morgan fingerprint density at radius 2 is 1.73 bits per heavy atom. The number of methoxy groups -OCH3 is 1. The van der Waals surface area contributed by atoms with Crippen LogP contribution in [0, 0.1) is 6.92 Å². The minimum atomic E-state index is -3.98. The fourth-order valence-corrected chi connectivity index (χ4v) is 7.49. The zero-order chi connectivity index (χ0) is 25.9. The molecule has 1 aromatic heterocycles. The van der Waals surface area contributed by atoms with E-state index >= 15 is 0 Å². The molecule has 0 fully saturated rings. The van der Waals surface area contributed by atoms with E-state index in [1.165, 1.54) is 11.1 Å². The zero-order valence-corrected chi connectivity index (χ0v) is 22.0. The average molecular weight is 533 g/mol. The molecule has 0 radical (unpaired) electrons. The molecule has 2 atom stereocenters. The number of carbonyl (C=O) groups excluding carboxylic acids is 1. The molecule has 0 amide bonds. The Labute approximate surface area is 220 Å². The van der Waals surface area contributed by atoms with Crippen LogP contribution in [0.4, 0.5) is 0 Å². The molecule has 3 heterocycles. The molecule has 3 aromatic carbocycles. The van der Waals surface area contributed by atoms with Gasteiger partial charge in [0, 0.05) is 23.4 Å². The topological polar surface area (TPSA) is 68.6 Å². The number of aromatic nitrogens is 1. The monoisotopic (exact) mass is 532 g/mol. The highest BCUT2D eigenvalue weighted by Gasteiger charge is 2.54. The van der Waals surface area contributed by atoms with Crippen LogP contribution in [0.5, 0.6) is 0 Å². The molecular formula is C29H25ClN2O4S. The summed E-state index contributed by atoms with van der Waals surface area (Å²) in [6.45, 7) is 2.39. The van der Waals surface area contributed by atoms with Crippen LogP contribution in [0.2, 0.25) is 5.02 Å². The quantitative estimate of drug-likeness (QED) is 0.264. The Morgan fingerprint density at radius 1 is 1.03 bits per heavy atom. The summed E-state index contributed by atoms with van der Waals surface area (Å²) in [4.78, 5) is 15.6. The number of rotatable bonds is 4. The molecule has 0 unspecified atom stereocenters. The molecule has 2 aliphatic heterocycles. The van der Waals surface area contributed by atoms with Gasteiger partial charge in [0.25, 0.3) is 10.0 Å². The second kappa shape index (κ2) is 8.58. The van der Waals surface area contributed by atoms with Crippen molar-refractivity contribution in [3.8, 4) is 0 Å². The maximum Gasteiger partial charge on any atom is 0.330 e. The molecule has 37 heavy (non-hydrogen) atoms. The molecule has 8 heteroatoms. The van der Waals surface area contributed by atoms with E-state index in [1.807, 2.05) is 60.4 Å². The van der Waals surface area contributed by atoms with Crippen LogP contribution in [0.3, 0.4) is 0 Å². The van der Waals surface area contributed by atoms with Gasteiger partial charge in [-0.2, -0.15) is 0 Å². The first-order chi connectivity index (χ1) is 17.8. The molecule has 6 nitrogen and oxygen atoms in total. The fraction of sp³-hybridized carbons (Fsp3) is 0.207. The molecule has 0 spiro atoms. The van der Waals surface area contributed by atoms with Gasteiger partial charge in [0.1, 0.15) is 5.54 Å². The smallest absolute Gasteiger partial charge is 0.330 e. The van der Waals surface area contributed by atoms with Crippen LogP contribution in [-0.4, -0.2) is 42.5 Å². The van der Waals surface area contributed by atoms with Crippen molar-refractivity contribution >= 4 is 38.5 Å². The number of ether oxygens (including phenoxy) is 1. The van der Waals surface area contributed by atoms with Crippen molar-refractivity contribution in [2.75, 3.05) is 13.7 Å². The van der Waals surface area contributed by atoms with E-state index in [0.29, 0.717) is 29.2 Å². The van der Waals surface area contributed by atoms with Crippen molar-refractivity contribution in [2.24, 2.45) is 0 Å². The highest BCUT2D eigenvalue weighted by atomic mass is 35.5. The standard InChI is InChI=1S/C29H25ClN2O4S/c1-19-8-14-22(15-9-19)37(34,35)32-25-7-4-3-6-23(25)24-18-29(28(33)36-2)16-5-17-31(29)26(27(24)32)20-10-12-21(30)13-11-20/h3-16,26H,17-18H2,1-2H3/t26-,29+/m0/s1. The van der Waals surface area contributed by atoms with Crippen molar-refractivity contribution < 1.29 is 17.9 Å². The lowest BCUT2D eigenvalue weighted by Gasteiger charge is -2.45. The predicted octanol–water partition coefficient (Wildman–Crippen LogP) is 5.27. The molecule has 0 N–H and O–H groups in total. The number of esters is 1. The number of benzene rings is 3. The van der Waals surface area contributed by atoms with E-state index in [1.54, 1.807) is 36.4 Å². The summed E-state index contributed by atoms with van der Waals surface area (Å²) in [5.41, 5.74) is 2.80. The van der Waals surface area contributed by atoms with Crippen molar-refractivity contribution in [3.05, 3.63) is 112 Å². The van der Waals surface area contributed by atoms with Gasteiger partial charge in [-0.25, -0.2) is 17.2 Å². The minimum Gasteiger partial charge on any atom is -0.467 e. The molecule has 6 rings (SSSR count). The maximum absolute atomic E-state index is 14.3. The summed E-state index contributed by atoms with van der Waals surface area (Å²) in [6, 6.07) is 21.2. The van der Waals surface area contributed by atoms with E-state index < -0.39 is 21.6 Å². The van der Waals surface area contributed by atoms with Gasteiger partial charge in [-0.3, -0.25) is 4.90 Å². The summed E-state index contributed by atoms with van der Waals surface area (Å²) in [5.74, 6) is -0.371. The normalized spacial score (nSPS) is 21.1. The largest absolute Gasteiger partial charge is 0.467 e. The van der Waals surface area contributed by atoms with Crippen LogP contribution in [0.1, 0.15) is 28.4 Å². The van der Waals surface area contributed by atoms with Gasteiger partial charge in [-0.15, -0.1) is 0 Å². The van der Waals surface area contributed by atoms with E-state index in [9.17, 15) is 13.2 Å². The van der Waals surface area contributed by atoms with Gasteiger partial charge in [0.2, 0.25) is 0 Å². The first-order valence-corrected chi connectivity index (χ1v) is 13.8. The van der Waals surface area contributed by atoms with E-state index in [2.05, 4.69) is 0 Å². The Morgan fingerprint density at radius 3 is 2.43 bits per heavy atom. The molecule has 0 saturated carbocycles. The van der Waals surface area contributed by atoms with Crippen molar-refractivity contribution in [1.29, 1.82) is 0 Å². The number of halogens is 1. The van der Waals surface area contributed by atoms with Crippen LogP contribution in [0.15, 0.2) is 89.8 Å².